The summed E-state index contributed by atoms with van der Waals surface area (Å²) in [5.74, 6) is -3.66. The molecule has 3 rings (SSSR count). The summed E-state index contributed by atoms with van der Waals surface area (Å²) >= 11 is 7.09. The number of hydrogen-bond acceptors (Lipinski definition) is 3. The van der Waals surface area contributed by atoms with E-state index in [9.17, 15) is 18.4 Å². The Kier molecular flexibility index (Phi) is 4.56. The van der Waals surface area contributed by atoms with Gasteiger partial charge in [0.05, 0.1) is 16.1 Å². The van der Waals surface area contributed by atoms with Crippen LogP contribution in [-0.4, -0.2) is 11.8 Å². The molecule has 8 heteroatoms. The minimum Gasteiger partial charge on any atom is -0.365 e. The Morgan fingerprint density at radius 2 is 1.83 bits per heavy atom. The third kappa shape index (κ3) is 3.01. The van der Waals surface area contributed by atoms with Gasteiger partial charge in [0.15, 0.2) is 11.6 Å². The number of halogens is 3. The fourth-order valence-corrected chi connectivity index (χ4v) is 4.31. The summed E-state index contributed by atoms with van der Waals surface area (Å²) < 4.78 is 26.5. The van der Waals surface area contributed by atoms with E-state index in [1.54, 1.807) is 0 Å². The lowest BCUT2D eigenvalue weighted by Crippen LogP contribution is -2.19. The number of rotatable bonds is 3. The fourth-order valence-electron chi connectivity index (χ4n) is 2.78. The molecule has 0 spiro atoms. The van der Waals surface area contributed by atoms with Gasteiger partial charge in [0.2, 0.25) is 0 Å². The molecule has 0 saturated heterocycles. The first kappa shape index (κ1) is 16.9. The Hall–Kier alpha value is -1.99. The van der Waals surface area contributed by atoms with Crippen molar-refractivity contribution in [2.75, 3.05) is 5.32 Å². The van der Waals surface area contributed by atoms with Crippen molar-refractivity contribution in [3.8, 4) is 0 Å². The van der Waals surface area contributed by atoms with E-state index in [-0.39, 0.29) is 10.6 Å². The highest BCUT2D eigenvalue weighted by Crippen LogP contribution is 2.38. The molecule has 1 aromatic carbocycles. The summed E-state index contributed by atoms with van der Waals surface area (Å²) in [4.78, 5) is 25.2. The molecule has 0 saturated carbocycles. The molecule has 0 radical (unpaired) electrons. The molecule has 0 aliphatic heterocycles. The molecule has 1 aliphatic carbocycles. The molecular weight excluding hydrogens is 358 g/mol. The van der Waals surface area contributed by atoms with E-state index < -0.39 is 23.4 Å². The summed E-state index contributed by atoms with van der Waals surface area (Å²) in [6.45, 7) is 0. The van der Waals surface area contributed by atoms with Crippen molar-refractivity contribution in [1.82, 2.24) is 0 Å². The fraction of sp³-hybridized carbons (Fsp3) is 0.250. The normalized spacial score (nSPS) is 13.5. The van der Waals surface area contributed by atoms with Crippen LogP contribution in [0, 0.1) is 11.6 Å². The largest absolute Gasteiger partial charge is 0.365 e. The number of amides is 2. The predicted octanol–water partition coefficient (Wildman–Crippen LogP) is 3.91. The van der Waals surface area contributed by atoms with Gasteiger partial charge in [-0.15, -0.1) is 11.3 Å². The summed E-state index contributed by atoms with van der Waals surface area (Å²) in [5, 5.41) is 2.66. The number of aryl methyl sites for hydroxylation is 1. The van der Waals surface area contributed by atoms with Crippen LogP contribution in [0.15, 0.2) is 12.1 Å². The average Bonchev–Trinajstić information content (AvgIpc) is 2.88. The topological polar surface area (TPSA) is 72.2 Å². The van der Waals surface area contributed by atoms with Crippen LogP contribution in [0.25, 0.3) is 0 Å². The number of benzene rings is 1. The van der Waals surface area contributed by atoms with Gasteiger partial charge in [0.25, 0.3) is 11.8 Å². The van der Waals surface area contributed by atoms with Gasteiger partial charge in [0.1, 0.15) is 5.00 Å². The quantitative estimate of drug-likeness (QED) is 0.804. The lowest BCUT2D eigenvalue weighted by atomic mass is 9.95. The monoisotopic (exact) mass is 370 g/mol. The molecule has 24 heavy (non-hydrogen) atoms. The molecule has 0 atom stereocenters. The lowest BCUT2D eigenvalue weighted by Gasteiger charge is -2.11. The van der Waals surface area contributed by atoms with E-state index in [1.165, 1.54) is 11.3 Å². The Balaban J connectivity index is 1.97. The summed E-state index contributed by atoms with van der Waals surface area (Å²) in [7, 11) is 0. The second kappa shape index (κ2) is 6.49. The van der Waals surface area contributed by atoms with Gasteiger partial charge in [-0.25, -0.2) is 8.78 Å². The van der Waals surface area contributed by atoms with E-state index in [0.29, 0.717) is 10.6 Å². The van der Waals surface area contributed by atoms with Gasteiger partial charge in [-0.3, -0.25) is 9.59 Å². The van der Waals surface area contributed by atoms with Crippen LogP contribution in [0.1, 0.15) is 44.0 Å². The first-order valence-electron chi connectivity index (χ1n) is 7.28. The second-order valence-electron chi connectivity index (χ2n) is 5.48. The van der Waals surface area contributed by atoms with Gasteiger partial charge in [-0.05, 0) is 43.4 Å². The number of anilines is 1. The van der Waals surface area contributed by atoms with Gasteiger partial charge >= 0.3 is 0 Å². The summed E-state index contributed by atoms with van der Waals surface area (Å²) in [6, 6.07) is 1.46. The van der Waals surface area contributed by atoms with Crippen LogP contribution in [0.5, 0.6) is 0 Å². The minimum atomic E-state index is -1.18. The van der Waals surface area contributed by atoms with Crippen molar-refractivity contribution in [3.05, 3.63) is 50.4 Å². The highest BCUT2D eigenvalue weighted by atomic mass is 35.5. The molecule has 126 valence electrons. The molecule has 2 amide bonds. The molecular formula is C16H13ClF2N2O2S. The van der Waals surface area contributed by atoms with Crippen LogP contribution >= 0.6 is 22.9 Å². The Labute approximate surface area is 145 Å². The summed E-state index contributed by atoms with van der Waals surface area (Å²) in [5.41, 5.74) is 6.40. The van der Waals surface area contributed by atoms with Crippen molar-refractivity contribution >= 4 is 39.8 Å². The molecule has 0 unspecified atom stereocenters. The number of fused-ring (bicyclic) bond motifs is 1. The van der Waals surface area contributed by atoms with Crippen LogP contribution < -0.4 is 11.1 Å². The lowest BCUT2D eigenvalue weighted by molar-refractivity contribution is 0.100. The predicted molar refractivity (Wildman–Crippen MR) is 88.8 cm³/mol. The number of thiophene rings is 1. The molecule has 1 aliphatic rings. The van der Waals surface area contributed by atoms with Crippen molar-refractivity contribution < 1.29 is 18.4 Å². The number of carbonyl (C=O) groups excluding carboxylic acids is 2. The van der Waals surface area contributed by atoms with Crippen LogP contribution in [0.4, 0.5) is 13.8 Å². The van der Waals surface area contributed by atoms with Gasteiger partial charge in [0, 0.05) is 4.88 Å². The second-order valence-corrected chi connectivity index (χ2v) is 6.99. The van der Waals surface area contributed by atoms with Crippen LogP contribution in [0.3, 0.4) is 0 Å². The van der Waals surface area contributed by atoms with E-state index >= 15 is 0 Å². The minimum absolute atomic E-state index is 0.211. The Morgan fingerprint density at radius 3 is 2.54 bits per heavy atom. The van der Waals surface area contributed by atoms with Gasteiger partial charge < -0.3 is 11.1 Å². The molecule has 4 nitrogen and oxygen atoms in total. The molecule has 2 aromatic rings. The van der Waals surface area contributed by atoms with E-state index in [4.69, 9.17) is 17.3 Å². The SMILES string of the molecule is NC(=O)c1c(NC(=O)c2cc(F)c(F)cc2Cl)sc2c1CCCC2. The standard InChI is InChI=1S/C16H13ClF2N2O2S/c17-9-6-11(19)10(18)5-8(9)15(23)21-16-13(14(20)22)7-3-1-2-4-12(7)24-16/h5-6H,1-4H2,(H2,20,22)(H,21,23). The van der Waals surface area contributed by atoms with E-state index in [2.05, 4.69) is 5.32 Å². The first-order chi connectivity index (χ1) is 11.4. The number of hydrogen-bond donors (Lipinski definition) is 2. The average molecular weight is 371 g/mol. The molecule has 0 fully saturated rings. The highest BCUT2D eigenvalue weighted by Gasteiger charge is 2.26. The number of nitrogens with one attached hydrogen (secondary N) is 1. The zero-order chi connectivity index (χ0) is 17.4. The number of carbonyl (C=O) groups is 2. The first-order valence-corrected chi connectivity index (χ1v) is 8.48. The Bertz CT molecular complexity index is 851. The zero-order valence-electron chi connectivity index (χ0n) is 12.4. The van der Waals surface area contributed by atoms with Crippen LogP contribution in [-0.2, 0) is 12.8 Å². The van der Waals surface area contributed by atoms with Crippen molar-refractivity contribution in [1.29, 1.82) is 0 Å². The third-order valence-corrected chi connectivity index (χ3v) is 5.42. The van der Waals surface area contributed by atoms with Crippen molar-refractivity contribution in [2.45, 2.75) is 25.7 Å². The molecule has 3 N–H and O–H groups in total. The van der Waals surface area contributed by atoms with E-state index in [0.717, 1.165) is 48.3 Å². The van der Waals surface area contributed by atoms with Crippen molar-refractivity contribution in [2.24, 2.45) is 5.73 Å². The van der Waals surface area contributed by atoms with Crippen molar-refractivity contribution in [3.63, 3.8) is 0 Å². The molecule has 1 aromatic heterocycles. The maximum Gasteiger partial charge on any atom is 0.257 e. The van der Waals surface area contributed by atoms with E-state index in [1.807, 2.05) is 0 Å². The van der Waals surface area contributed by atoms with Crippen LogP contribution in [0.2, 0.25) is 5.02 Å². The Morgan fingerprint density at radius 1 is 1.17 bits per heavy atom. The maximum absolute atomic E-state index is 13.4. The number of nitrogens with two attached hydrogens (primary N) is 1. The molecule has 1 heterocycles. The maximum atomic E-state index is 13.4. The molecule has 0 bridgehead atoms. The third-order valence-electron chi connectivity index (χ3n) is 3.90. The van der Waals surface area contributed by atoms with Gasteiger partial charge in [-0.2, -0.15) is 0 Å². The zero-order valence-corrected chi connectivity index (χ0v) is 14.0. The number of primary amides is 1. The highest BCUT2D eigenvalue weighted by molar-refractivity contribution is 7.17. The smallest absolute Gasteiger partial charge is 0.257 e. The summed E-state index contributed by atoms with van der Waals surface area (Å²) in [6.07, 6.45) is 3.51. The van der Waals surface area contributed by atoms with Gasteiger partial charge in [-0.1, -0.05) is 11.6 Å².